The summed E-state index contributed by atoms with van der Waals surface area (Å²) < 4.78 is 0. The summed E-state index contributed by atoms with van der Waals surface area (Å²) >= 11 is 0. The number of anilines is 1. The van der Waals surface area contributed by atoms with Crippen LogP contribution in [0.5, 0.6) is 0 Å². The maximum absolute atomic E-state index is 5.44. The Labute approximate surface area is 265 Å². The maximum atomic E-state index is 5.44. The van der Waals surface area contributed by atoms with Crippen LogP contribution in [0.2, 0.25) is 0 Å². The van der Waals surface area contributed by atoms with Gasteiger partial charge in [-0.15, -0.1) is 0 Å². The molecule has 8 rings (SSSR count). The SMILES string of the molecule is CC1(C)N=C(c2ccc(-c3c4ccccc4c(-c4ccccc4)c4ccccc34)c3ccccc23)N(c2ccccc2)C1(C)C. The number of hydrogen-bond donors (Lipinski definition) is 0. The summed E-state index contributed by atoms with van der Waals surface area (Å²) in [7, 11) is 0. The highest BCUT2D eigenvalue weighted by molar-refractivity contribution is 6.26. The molecule has 0 N–H and O–H groups in total. The van der Waals surface area contributed by atoms with Crippen molar-refractivity contribution in [1.29, 1.82) is 0 Å². The Morgan fingerprint density at radius 1 is 0.422 bits per heavy atom. The standard InChI is InChI=1S/C43H36N2/c1-42(2)43(3,4)45(30-19-9-6-10-20-30)41(44-42)38-28-27-37(31-21-11-12-22-32(31)38)40-35-25-15-13-23-33(35)39(29-17-7-5-8-18-29)34-24-14-16-26-36(34)40/h5-28H,1-4H3. The van der Waals surface area contributed by atoms with Crippen LogP contribution in [-0.4, -0.2) is 16.9 Å². The molecule has 45 heavy (non-hydrogen) atoms. The fraction of sp³-hybridized carbons (Fsp3) is 0.140. The second-order valence-electron chi connectivity index (χ2n) is 13.1. The molecule has 0 amide bonds. The summed E-state index contributed by atoms with van der Waals surface area (Å²) in [6, 6.07) is 52.8. The van der Waals surface area contributed by atoms with E-state index in [1.165, 1.54) is 54.6 Å². The quantitative estimate of drug-likeness (QED) is 0.189. The summed E-state index contributed by atoms with van der Waals surface area (Å²) in [6.07, 6.45) is 0. The van der Waals surface area contributed by atoms with Gasteiger partial charge in [0.15, 0.2) is 0 Å². The van der Waals surface area contributed by atoms with Gasteiger partial charge >= 0.3 is 0 Å². The van der Waals surface area contributed by atoms with Crippen molar-refractivity contribution in [2.45, 2.75) is 38.8 Å². The molecule has 0 aliphatic carbocycles. The van der Waals surface area contributed by atoms with E-state index in [1.807, 2.05) is 0 Å². The van der Waals surface area contributed by atoms with E-state index < -0.39 is 0 Å². The molecule has 0 bridgehead atoms. The van der Waals surface area contributed by atoms with Crippen LogP contribution < -0.4 is 4.90 Å². The summed E-state index contributed by atoms with van der Waals surface area (Å²) in [5.74, 6) is 1.02. The van der Waals surface area contributed by atoms with Gasteiger partial charge in [-0.05, 0) is 94.4 Å². The molecule has 7 aromatic rings. The minimum Gasteiger partial charge on any atom is -0.318 e. The van der Waals surface area contributed by atoms with E-state index in [0.717, 1.165) is 17.1 Å². The van der Waals surface area contributed by atoms with E-state index in [-0.39, 0.29) is 11.1 Å². The second-order valence-corrected chi connectivity index (χ2v) is 13.1. The van der Waals surface area contributed by atoms with Crippen LogP contribution >= 0.6 is 0 Å². The predicted molar refractivity (Wildman–Crippen MR) is 193 cm³/mol. The Hall–Kier alpha value is -5.21. The van der Waals surface area contributed by atoms with E-state index in [0.29, 0.717) is 0 Å². The lowest BCUT2D eigenvalue weighted by Gasteiger charge is -2.41. The maximum Gasteiger partial charge on any atom is 0.137 e. The van der Waals surface area contributed by atoms with Gasteiger partial charge in [-0.1, -0.05) is 133 Å². The number of aliphatic imine (C=N–C) groups is 1. The minimum absolute atomic E-state index is 0.219. The third kappa shape index (κ3) is 4.13. The molecule has 1 aliphatic heterocycles. The Morgan fingerprint density at radius 2 is 0.844 bits per heavy atom. The lowest BCUT2D eigenvalue weighted by atomic mass is 9.82. The van der Waals surface area contributed by atoms with Gasteiger partial charge in [0.1, 0.15) is 5.84 Å². The lowest BCUT2D eigenvalue weighted by molar-refractivity contribution is 0.338. The van der Waals surface area contributed by atoms with Crippen LogP contribution in [-0.2, 0) is 0 Å². The molecule has 0 fully saturated rings. The highest BCUT2D eigenvalue weighted by Crippen LogP contribution is 2.47. The number of rotatable bonds is 4. The third-order valence-electron chi connectivity index (χ3n) is 10.1. The van der Waals surface area contributed by atoms with E-state index in [1.54, 1.807) is 0 Å². The first-order valence-corrected chi connectivity index (χ1v) is 15.8. The largest absolute Gasteiger partial charge is 0.318 e. The van der Waals surface area contributed by atoms with Crippen LogP contribution in [0.1, 0.15) is 33.3 Å². The Balaban J connectivity index is 1.43. The van der Waals surface area contributed by atoms with Crippen molar-refractivity contribution in [3.63, 3.8) is 0 Å². The highest BCUT2D eigenvalue weighted by atomic mass is 15.3. The average Bonchev–Trinajstić information content (AvgIpc) is 3.26. The molecule has 0 unspecified atom stereocenters. The molecule has 0 atom stereocenters. The van der Waals surface area contributed by atoms with Crippen molar-refractivity contribution in [3.8, 4) is 22.3 Å². The summed E-state index contributed by atoms with van der Waals surface area (Å²) in [4.78, 5) is 7.88. The second kappa shape index (κ2) is 10.2. The van der Waals surface area contributed by atoms with Gasteiger partial charge in [0, 0.05) is 11.3 Å². The van der Waals surface area contributed by atoms with E-state index in [9.17, 15) is 0 Å². The average molecular weight is 581 g/mol. The topological polar surface area (TPSA) is 15.6 Å². The number of para-hydroxylation sites is 1. The zero-order valence-electron chi connectivity index (χ0n) is 26.3. The fourth-order valence-electron chi connectivity index (χ4n) is 7.24. The molecule has 1 heterocycles. The van der Waals surface area contributed by atoms with Gasteiger partial charge in [0.05, 0.1) is 11.1 Å². The Morgan fingerprint density at radius 3 is 1.40 bits per heavy atom. The molecule has 0 saturated carbocycles. The molecule has 0 radical (unpaired) electrons. The van der Waals surface area contributed by atoms with E-state index in [2.05, 4.69) is 178 Å². The molecule has 0 aromatic heterocycles. The lowest BCUT2D eigenvalue weighted by Crippen LogP contribution is -2.53. The highest BCUT2D eigenvalue weighted by Gasteiger charge is 2.50. The van der Waals surface area contributed by atoms with Gasteiger partial charge in [0.2, 0.25) is 0 Å². The number of amidine groups is 1. The van der Waals surface area contributed by atoms with Crippen molar-refractivity contribution in [2.75, 3.05) is 4.90 Å². The third-order valence-corrected chi connectivity index (χ3v) is 10.1. The van der Waals surface area contributed by atoms with Gasteiger partial charge in [-0.3, -0.25) is 4.99 Å². The van der Waals surface area contributed by atoms with Gasteiger partial charge in [-0.2, -0.15) is 0 Å². The molecule has 7 aromatic carbocycles. The first-order chi connectivity index (χ1) is 21.9. The molecule has 2 nitrogen and oxygen atoms in total. The molecule has 218 valence electrons. The summed E-state index contributed by atoms with van der Waals surface area (Å²) in [5, 5.41) is 7.51. The summed E-state index contributed by atoms with van der Waals surface area (Å²) in [5.41, 5.74) is 6.86. The molecule has 0 spiro atoms. The van der Waals surface area contributed by atoms with Crippen LogP contribution in [0.3, 0.4) is 0 Å². The van der Waals surface area contributed by atoms with Gasteiger partial charge in [-0.25, -0.2) is 0 Å². The number of hydrogen-bond acceptors (Lipinski definition) is 2. The Kier molecular flexibility index (Phi) is 6.18. The summed E-state index contributed by atoms with van der Waals surface area (Å²) in [6.45, 7) is 9.11. The van der Waals surface area contributed by atoms with E-state index >= 15 is 0 Å². The first kappa shape index (κ1) is 27.3. The zero-order chi connectivity index (χ0) is 30.8. The van der Waals surface area contributed by atoms with Crippen LogP contribution in [0.25, 0.3) is 54.6 Å². The van der Waals surface area contributed by atoms with Crippen molar-refractivity contribution in [3.05, 3.63) is 151 Å². The van der Waals surface area contributed by atoms with Crippen molar-refractivity contribution in [2.24, 2.45) is 4.99 Å². The molecular weight excluding hydrogens is 544 g/mol. The first-order valence-electron chi connectivity index (χ1n) is 15.8. The predicted octanol–water partition coefficient (Wildman–Crippen LogP) is 11.3. The zero-order valence-corrected chi connectivity index (χ0v) is 26.3. The van der Waals surface area contributed by atoms with Crippen molar-refractivity contribution >= 4 is 43.8 Å². The smallest absolute Gasteiger partial charge is 0.137 e. The van der Waals surface area contributed by atoms with E-state index in [4.69, 9.17) is 4.99 Å². The van der Waals surface area contributed by atoms with Crippen molar-refractivity contribution in [1.82, 2.24) is 0 Å². The van der Waals surface area contributed by atoms with Crippen LogP contribution in [0, 0.1) is 0 Å². The van der Waals surface area contributed by atoms with Gasteiger partial charge in [0.25, 0.3) is 0 Å². The number of benzene rings is 7. The molecule has 1 aliphatic rings. The van der Waals surface area contributed by atoms with Gasteiger partial charge < -0.3 is 4.90 Å². The fourth-order valence-corrected chi connectivity index (χ4v) is 7.24. The van der Waals surface area contributed by atoms with Crippen molar-refractivity contribution < 1.29 is 0 Å². The molecular formula is C43H36N2. The molecule has 2 heteroatoms. The van der Waals surface area contributed by atoms with Crippen LogP contribution in [0.15, 0.2) is 151 Å². The normalized spacial score (nSPS) is 15.6. The van der Waals surface area contributed by atoms with Crippen LogP contribution in [0.4, 0.5) is 5.69 Å². The molecule has 0 saturated heterocycles. The number of fused-ring (bicyclic) bond motifs is 3. The number of nitrogens with zero attached hydrogens (tertiary/aromatic N) is 2. The minimum atomic E-state index is -0.280. The monoisotopic (exact) mass is 580 g/mol. The Bertz CT molecular complexity index is 2200.